The standard InChI is InChI=1S/C22H24Cl2N6O4S/c1-3-8-34-14-10-30(7-4-12(14)28-20(31)18-16(24)15(23)11(2)27-18)22-29-17(19(35-22)21(32)33)13-9-25-5-6-26-13/h5-6,9,12,14,27H,3-4,7-8,10H2,1-2H3,(H,28,31)(H,32,33)/t12-,14+/m1/s1. The number of halogens is 2. The molecule has 13 heteroatoms. The molecule has 4 rings (SSSR count). The van der Waals surface area contributed by atoms with E-state index in [-0.39, 0.29) is 39.3 Å². The number of rotatable bonds is 8. The number of nitrogens with zero attached hydrogens (tertiary/aromatic N) is 4. The highest BCUT2D eigenvalue weighted by Gasteiger charge is 2.34. The number of hydrogen-bond donors (Lipinski definition) is 3. The Morgan fingerprint density at radius 3 is 2.77 bits per heavy atom. The van der Waals surface area contributed by atoms with E-state index >= 15 is 0 Å². The van der Waals surface area contributed by atoms with Gasteiger partial charge >= 0.3 is 5.97 Å². The van der Waals surface area contributed by atoms with Crippen molar-refractivity contribution in [2.45, 2.75) is 38.8 Å². The van der Waals surface area contributed by atoms with Gasteiger partial charge < -0.3 is 25.0 Å². The van der Waals surface area contributed by atoms with Gasteiger partial charge in [0.2, 0.25) is 0 Å². The minimum Gasteiger partial charge on any atom is -0.477 e. The smallest absolute Gasteiger partial charge is 0.348 e. The zero-order chi connectivity index (χ0) is 25.1. The SMILES string of the molecule is CCCO[C@H]1CN(c2nc(-c3cnccn3)c(C(=O)O)s2)CC[C@H]1NC(=O)c1[nH]c(C)c(Cl)c1Cl. The number of hydrogen-bond acceptors (Lipinski definition) is 8. The molecule has 186 valence electrons. The summed E-state index contributed by atoms with van der Waals surface area (Å²) in [6, 6.07) is -0.276. The number of anilines is 1. The quantitative estimate of drug-likeness (QED) is 0.391. The second-order valence-electron chi connectivity index (χ2n) is 8.05. The Balaban J connectivity index is 1.54. The third kappa shape index (κ3) is 5.43. The molecule has 0 unspecified atom stereocenters. The summed E-state index contributed by atoms with van der Waals surface area (Å²) in [6.45, 7) is 5.23. The minimum absolute atomic E-state index is 0.0931. The maximum atomic E-state index is 12.9. The molecule has 1 fully saturated rings. The van der Waals surface area contributed by atoms with E-state index in [4.69, 9.17) is 27.9 Å². The number of carboxylic acids is 1. The Morgan fingerprint density at radius 1 is 1.34 bits per heavy atom. The van der Waals surface area contributed by atoms with E-state index in [0.29, 0.717) is 47.7 Å². The van der Waals surface area contributed by atoms with Crippen molar-refractivity contribution in [1.82, 2.24) is 25.3 Å². The lowest BCUT2D eigenvalue weighted by atomic mass is 10.0. The third-order valence-electron chi connectivity index (χ3n) is 5.58. The Morgan fingerprint density at radius 2 is 2.14 bits per heavy atom. The molecule has 4 heterocycles. The van der Waals surface area contributed by atoms with Crippen LogP contribution >= 0.6 is 34.5 Å². The van der Waals surface area contributed by atoms with Crippen LogP contribution in [0.5, 0.6) is 0 Å². The van der Waals surface area contributed by atoms with Gasteiger partial charge in [0.15, 0.2) is 5.13 Å². The molecule has 0 saturated carbocycles. The summed E-state index contributed by atoms with van der Waals surface area (Å²) in [6.07, 6.45) is 5.53. The molecule has 1 aliphatic heterocycles. The number of nitrogens with one attached hydrogen (secondary N) is 2. The van der Waals surface area contributed by atoms with Crippen LogP contribution in [-0.4, -0.2) is 68.8 Å². The van der Waals surface area contributed by atoms with Crippen molar-refractivity contribution in [3.8, 4) is 11.4 Å². The Kier molecular flexibility index (Phi) is 7.90. The minimum atomic E-state index is -1.08. The van der Waals surface area contributed by atoms with Crippen molar-refractivity contribution in [3.05, 3.63) is 44.9 Å². The molecular formula is C22H24Cl2N6O4S. The number of carbonyl (C=O) groups is 2. The fourth-order valence-corrected chi connectivity index (χ4v) is 5.21. The zero-order valence-electron chi connectivity index (χ0n) is 19.0. The fourth-order valence-electron chi connectivity index (χ4n) is 3.85. The van der Waals surface area contributed by atoms with Gasteiger partial charge in [-0.05, 0) is 19.8 Å². The number of aromatic carboxylic acids is 1. The van der Waals surface area contributed by atoms with Crippen LogP contribution in [0.15, 0.2) is 18.6 Å². The maximum absolute atomic E-state index is 12.9. The van der Waals surface area contributed by atoms with Gasteiger partial charge in [0.1, 0.15) is 22.0 Å². The predicted octanol–water partition coefficient (Wildman–Crippen LogP) is 4.05. The first kappa shape index (κ1) is 25.4. The second kappa shape index (κ2) is 10.9. The van der Waals surface area contributed by atoms with Crippen molar-refractivity contribution in [2.75, 3.05) is 24.6 Å². The van der Waals surface area contributed by atoms with Crippen LogP contribution in [0, 0.1) is 6.92 Å². The van der Waals surface area contributed by atoms with Crippen molar-refractivity contribution in [2.24, 2.45) is 0 Å². The van der Waals surface area contributed by atoms with Crippen molar-refractivity contribution >= 4 is 51.5 Å². The second-order valence-corrected chi connectivity index (χ2v) is 9.78. The van der Waals surface area contributed by atoms with E-state index in [1.807, 2.05) is 11.8 Å². The largest absolute Gasteiger partial charge is 0.477 e. The van der Waals surface area contributed by atoms with E-state index in [1.54, 1.807) is 6.92 Å². The van der Waals surface area contributed by atoms with Crippen LogP contribution in [0.2, 0.25) is 10.0 Å². The first-order valence-electron chi connectivity index (χ1n) is 11.0. The van der Waals surface area contributed by atoms with Gasteiger partial charge in [-0.3, -0.25) is 14.8 Å². The first-order chi connectivity index (χ1) is 16.8. The van der Waals surface area contributed by atoms with Crippen LogP contribution < -0.4 is 10.2 Å². The molecule has 1 amide bonds. The van der Waals surface area contributed by atoms with Gasteiger partial charge in [0.25, 0.3) is 5.91 Å². The van der Waals surface area contributed by atoms with Gasteiger partial charge in [-0.25, -0.2) is 9.78 Å². The molecule has 10 nitrogen and oxygen atoms in total. The van der Waals surface area contributed by atoms with E-state index in [2.05, 4.69) is 25.3 Å². The number of aromatic nitrogens is 4. The third-order valence-corrected chi connectivity index (χ3v) is 7.63. The molecule has 3 aromatic heterocycles. The molecule has 3 N–H and O–H groups in total. The summed E-state index contributed by atoms with van der Waals surface area (Å²) in [5.41, 5.74) is 1.50. The number of thiazole rings is 1. The molecule has 0 bridgehead atoms. The summed E-state index contributed by atoms with van der Waals surface area (Å²) in [4.78, 5) is 42.6. The van der Waals surface area contributed by atoms with Crippen molar-refractivity contribution in [1.29, 1.82) is 0 Å². The van der Waals surface area contributed by atoms with Gasteiger partial charge in [0, 0.05) is 37.8 Å². The molecule has 0 aliphatic carbocycles. The number of carbonyl (C=O) groups excluding carboxylic acids is 1. The highest BCUT2D eigenvalue weighted by atomic mass is 35.5. The van der Waals surface area contributed by atoms with E-state index in [1.165, 1.54) is 18.6 Å². The lowest BCUT2D eigenvalue weighted by Crippen LogP contribution is -2.55. The number of amides is 1. The molecule has 35 heavy (non-hydrogen) atoms. The van der Waals surface area contributed by atoms with E-state index in [9.17, 15) is 14.7 Å². The van der Waals surface area contributed by atoms with Crippen LogP contribution in [0.3, 0.4) is 0 Å². The van der Waals surface area contributed by atoms with Gasteiger partial charge in [0.05, 0.1) is 28.4 Å². The molecular weight excluding hydrogens is 515 g/mol. The summed E-state index contributed by atoms with van der Waals surface area (Å²) >= 11 is 13.4. The molecule has 2 atom stereocenters. The molecule has 3 aromatic rings. The van der Waals surface area contributed by atoms with Gasteiger partial charge in [-0.15, -0.1) is 0 Å². The van der Waals surface area contributed by atoms with Crippen LogP contribution in [0.25, 0.3) is 11.4 Å². The average molecular weight is 539 g/mol. The number of piperidine rings is 1. The van der Waals surface area contributed by atoms with Gasteiger partial charge in [-0.1, -0.05) is 41.5 Å². The summed E-state index contributed by atoms with van der Waals surface area (Å²) in [5.74, 6) is -1.44. The molecule has 0 spiro atoms. The zero-order valence-corrected chi connectivity index (χ0v) is 21.4. The molecule has 1 aliphatic rings. The fraction of sp³-hybridized carbons (Fsp3) is 0.409. The van der Waals surface area contributed by atoms with Crippen LogP contribution in [0.1, 0.15) is 45.6 Å². The Labute approximate surface area is 215 Å². The summed E-state index contributed by atoms with van der Waals surface area (Å²) < 4.78 is 6.07. The maximum Gasteiger partial charge on any atom is 0.348 e. The first-order valence-corrected chi connectivity index (χ1v) is 12.6. The molecule has 0 aromatic carbocycles. The Hall–Kier alpha value is -2.73. The van der Waals surface area contributed by atoms with Crippen LogP contribution in [0.4, 0.5) is 5.13 Å². The highest BCUT2D eigenvalue weighted by molar-refractivity contribution is 7.17. The number of aromatic amines is 1. The lowest BCUT2D eigenvalue weighted by molar-refractivity contribution is 0.0205. The topological polar surface area (TPSA) is 133 Å². The predicted molar refractivity (Wildman–Crippen MR) is 134 cm³/mol. The number of aryl methyl sites for hydroxylation is 1. The average Bonchev–Trinajstić information content (AvgIpc) is 3.42. The Bertz CT molecular complexity index is 1220. The van der Waals surface area contributed by atoms with E-state index < -0.39 is 5.97 Å². The normalized spacial score (nSPS) is 18.0. The number of ether oxygens (including phenoxy) is 1. The summed E-state index contributed by atoms with van der Waals surface area (Å²) in [5, 5.41) is 13.8. The van der Waals surface area contributed by atoms with Gasteiger partial charge in [-0.2, -0.15) is 0 Å². The number of H-pyrrole nitrogens is 1. The van der Waals surface area contributed by atoms with Crippen molar-refractivity contribution in [3.63, 3.8) is 0 Å². The van der Waals surface area contributed by atoms with Crippen LogP contribution in [-0.2, 0) is 4.74 Å². The molecule has 0 radical (unpaired) electrons. The number of carboxylic acid groups (broad SMARTS) is 1. The highest BCUT2D eigenvalue weighted by Crippen LogP contribution is 2.34. The van der Waals surface area contributed by atoms with E-state index in [0.717, 1.165) is 17.8 Å². The summed E-state index contributed by atoms with van der Waals surface area (Å²) in [7, 11) is 0. The molecule has 1 saturated heterocycles. The van der Waals surface area contributed by atoms with Crippen molar-refractivity contribution < 1.29 is 19.4 Å². The lowest BCUT2D eigenvalue weighted by Gasteiger charge is -2.38. The monoisotopic (exact) mass is 538 g/mol.